The first kappa shape index (κ1) is 18.6. The Morgan fingerprint density at radius 1 is 1.11 bits per heavy atom. The summed E-state index contributed by atoms with van der Waals surface area (Å²) in [6.07, 6.45) is 1.06. The Labute approximate surface area is 163 Å². The van der Waals surface area contributed by atoms with Crippen LogP contribution in [0.1, 0.15) is 23.1 Å². The van der Waals surface area contributed by atoms with Crippen LogP contribution in [0.4, 0.5) is 5.69 Å². The van der Waals surface area contributed by atoms with Gasteiger partial charge in [0.15, 0.2) is 0 Å². The van der Waals surface area contributed by atoms with Crippen molar-refractivity contribution < 1.29 is 22.7 Å². The van der Waals surface area contributed by atoms with E-state index >= 15 is 0 Å². The minimum atomic E-state index is -3.94. The summed E-state index contributed by atoms with van der Waals surface area (Å²) in [6.45, 7) is 0.103. The van der Waals surface area contributed by atoms with Gasteiger partial charge in [-0.05, 0) is 41.3 Å². The molecule has 1 amide bonds. The highest BCUT2D eigenvalue weighted by Gasteiger charge is 2.40. The van der Waals surface area contributed by atoms with E-state index < -0.39 is 22.0 Å². The van der Waals surface area contributed by atoms with Gasteiger partial charge in [-0.2, -0.15) is 4.31 Å². The molecule has 0 saturated carbocycles. The van der Waals surface area contributed by atoms with Crippen molar-refractivity contribution in [2.45, 2.75) is 36.7 Å². The van der Waals surface area contributed by atoms with E-state index in [1.807, 2.05) is 24.3 Å². The van der Waals surface area contributed by atoms with E-state index in [1.165, 1.54) is 17.5 Å². The van der Waals surface area contributed by atoms with Gasteiger partial charge in [0.1, 0.15) is 6.04 Å². The second kappa shape index (κ2) is 7.03. The van der Waals surface area contributed by atoms with Gasteiger partial charge in [-0.1, -0.05) is 24.3 Å². The van der Waals surface area contributed by atoms with Gasteiger partial charge in [-0.25, -0.2) is 8.42 Å². The summed E-state index contributed by atoms with van der Waals surface area (Å²) >= 11 is 0. The van der Waals surface area contributed by atoms with Gasteiger partial charge in [-0.15, -0.1) is 0 Å². The molecule has 0 spiro atoms. The number of carbonyl (C=O) groups is 2. The van der Waals surface area contributed by atoms with Crippen molar-refractivity contribution in [1.29, 1.82) is 0 Å². The van der Waals surface area contributed by atoms with E-state index in [1.54, 1.807) is 12.1 Å². The summed E-state index contributed by atoms with van der Waals surface area (Å²) in [5.41, 5.74) is 3.21. The fraction of sp³-hybridized carbons (Fsp3) is 0.300. The van der Waals surface area contributed by atoms with Crippen molar-refractivity contribution in [2.75, 3.05) is 12.4 Å². The molecule has 0 bridgehead atoms. The molecular weight excluding hydrogens is 380 g/mol. The molecule has 28 heavy (non-hydrogen) atoms. The number of nitrogens with zero attached hydrogens (tertiary/aromatic N) is 1. The van der Waals surface area contributed by atoms with Crippen LogP contribution in [-0.4, -0.2) is 37.8 Å². The Hall–Kier alpha value is -2.71. The first-order valence-corrected chi connectivity index (χ1v) is 10.4. The van der Waals surface area contributed by atoms with Crippen LogP contribution in [0.3, 0.4) is 0 Å². The van der Waals surface area contributed by atoms with Gasteiger partial charge in [0.2, 0.25) is 15.9 Å². The van der Waals surface area contributed by atoms with Crippen LogP contribution in [0.15, 0.2) is 47.4 Å². The smallest absolute Gasteiger partial charge is 0.324 e. The lowest BCUT2D eigenvalue weighted by Gasteiger charge is -2.34. The number of nitrogens with one attached hydrogen (secondary N) is 1. The zero-order chi connectivity index (χ0) is 19.9. The molecule has 1 N–H and O–H groups in total. The average Bonchev–Trinajstić information content (AvgIpc) is 2.71. The van der Waals surface area contributed by atoms with Gasteiger partial charge < -0.3 is 10.1 Å². The van der Waals surface area contributed by atoms with Crippen molar-refractivity contribution in [3.63, 3.8) is 0 Å². The Bertz CT molecular complexity index is 1060. The van der Waals surface area contributed by atoms with Gasteiger partial charge in [0.25, 0.3) is 0 Å². The zero-order valence-electron chi connectivity index (χ0n) is 15.3. The number of carbonyl (C=O) groups excluding carboxylic acids is 2. The number of sulfonamides is 1. The van der Waals surface area contributed by atoms with E-state index in [9.17, 15) is 18.0 Å². The second-order valence-corrected chi connectivity index (χ2v) is 8.82. The predicted molar refractivity (Wildman–Crippen MR) is 102 cm³/mol. The number of amides is 1. The number of rotatable bonds is 3. The highest BCUT2D eigenvalue weighted by atomic mass is 32.2. The molecule has 8 heteroatoms. The van der Waals surface area contributed by atoms with E-state index in [-0.39, 0.29) is 23.8 Å². The minimum Gasteiger partial charge on any atom is -0.468 e. The number of fused-ring (bicyclic) bond motifs is 2. The average molecular weight is 400 g/mol. The lowest BCUT2D eigenvalue weighted by atomic mass is 9.96. The van der Waals surface area contributed by atoms with E-state index in [4.69, 9.17) is 4.74 Å². The molecule has 0 unspecified atom stereocenters. The largest absolute Gasteiger partial charge is 0.468 e. The summed E-state index contributed by atoms with van der Waals surface area (Å²) in [5.74, 6) is -0.662. The molecule has 7 nitrogen and oxygen atoms in total. The quantitative estimate of drug-likeness (QED) is 0.794. The van der Waals surface area contributed by atoms with Crippen molar-refractivity contribution in [1.82, 2.24) is 4.31 Å². The summed E-state index contributed by atoms with van der Waals surface area (Å²) in [5, 5.41) is 2.75. The summed E-state index contributed by atoms with van der Waals surface area (Å²) < 4.78 is 32.9. The molecule has 0 aromatic heterocycles. The standard InChI is InChI=1S/C20H20N2O5S/c1-27-20(24)18-11-13-4-2-3-5-15(13)12-22(18)28(25,26)16-7-8-17-14(10-16)6-9-19(23)21-17/h2-5,7-8,10,18H,6,9,11-12H2,1H3,(H,21,23)/t18-/m1/s1. The number of anilines is 1. The van der Waals surface area contributed by atoms with Crippen LogP contribution in [0.2, 0.25) is 0 Å². The second-order valence-electron chi connectivity index (χ2n) is 6.93. The Morgan fingerprint density at radius 2 is 1.86 bits per heavy atom. The molecular formula is C20H20N2O5S. The first-order valence-electron chi connectivity index (χ1n) is 8.99. The van der Waals surface area contributed by atoms with Crippen molar-refractivity contribution in [3.8, 4) is 0 Å². The molecule has 0 aliphatic carbocycles. The molecule has 0 saturated heterocycles. The molecule has 1 atom stereocenters. The highest BCUT2D eigenvalue weighted by molar-refractivity contribution is 7.89. The summed E-state index contributed by atoms with van der Waals surface area (Å²) in [7, 11) is -2.68. The number of benzene rings is 2. The first-order chi connectivity index (χ1) is 13.4. The number of methoxy groups -OCH3 is 1. The molecule has 2 aromatic rings. The van der Waals surface area contributed by atoms with Crippen LogP contribution in [0.25, 0.3) is 0 Å². The number of hydrogen-bond donors (Lipinski definition) is 1. The third-order valence-corrected chi connectivity index (χ3v) is 7.11. The fourth-order valence-corrected chi connectivity index (χ4v) is 5.35. The SMILES string of the molecule is COC(=O)[C@H]1Cc2ccccc2CN1S(=O)(=O)c1ccc2c(c1)CCC(=O)N2. The highest BCUT2D eigenvalue weighted by Crippen LogP contribution is 2.32. The van der Waals surface area contributed by atoms with E-state index in [0.717, 1.165) is 16.7 Å². The number of hydrogen-bond acceptors (Lipinski definition) is 5. The normalized spacial score (nSPS) is 19.3. The van der Waals surface area contributed by atoms with Gasteiger partial charge in [0.05, 0.1) is 12.0 Å². The maximum absolute atomic E-state index is 13.4. The predicted octanol–water partition coefficient (Wildman–Crippen LogP) is 1.86. The van der Waals surface area contributed by atoms with Crippen LogP contribution in [-0.2, 0) is 43.7 Å². The van der Waals surface area contributed by atoms with E-state index in [0.29, 0.717) is 18.5 Å². The summed E-state index contributed by atoms with van der Waals surface area (Å²) in [4.78, 5) is 24.0. The number of ether oxygens (including phenoxy) is 1. The Kier molecular flexibility index (Phi) is 4.68. The van der Waals surface area contributed by atoms with Crippen LogP contribution < -0.4 is 5.32 Å². The van der Waals surface area contributed by atoms with Gasteiger partial charge >= 0.3 is 5.97 Å². The third-order valence-electron chi connectivity index (χ3n) is 5.26. The maximum Gasteiger partial charge on any atom is 0.324 e. The number of aryl methyl sites for hydroxylation is 1. The molecule has 2 aromatic carbocycles. The van der Waals surface area contributed by atoms with Crippen LogP contribution in [0.5, 0.6) is 0 Å². The monoisotopic (exact) mass is 400 g/mol. The maximum atomic E-state index is 13.4. The molecule has 2 aliphatic rings. The van der Waals surface area contributed by atoms with Crippen molar-refractivity contribution in [2.24, 2.45) is 0 Å². The van der Waals surface area contributed by atoms with Gasteiger partial charge in [-0.3, -0.25) is 9.59 Å². The molecule has 2 heterocycles. The zero-order valence-corrected chi connectivity index (χ0v) is 16.2. The van der Waals surface area contributed by atoms with Crippen LogP contribution in [0, 0.1) is 0 Å². The lowest BCUT2D eigenvalue weighted by molar-refractivity contribution is -0.145. The molecule has 2 aliphatic heterocycles. The Balaban J connectivity index is 1.75. The molecule has 146 valence electrons. The lowest BCUT2D eigenvalue weighted by Crippen LogP contribution is -2.49. The summed E-state index contributed by atoms with van der Waals surface area (Å²) in [6, 6.07) is 11.2. The number of esters is 1. The molecule has 0 radical (unpaired) electrons. The molecule has 0 fully saturated rings. The molecule has 4 rings (SSSR count). The van der Waals surface area contributed by atoms with Crippen molar-refractivity contribution in [3.05, 3.63) is 59.2 Å². The van der Waals surface area contributed by atoms with E-state index in [2.05, 4.69) is 5.32 Å². The minimum absolute atomic E-state index is 0.0819. The fourth-order valence-electron chi connectivity index (χ4n) is 3.74. The topological polar surface area (TPSA) is 92.8 Å². The van der Waals surface area contributed by atoms with Crippen LogP contribution >= 0.6 is 0 Å². The third kappa shape index (κ3) is 3.18. The Morgan fingerprint density at radius 3 is 2.61 bits per heavy atom. The van der Waals surface area contributed by atoms with Crippen molar-refractivity contribution >= 4 is 27.6 Å². The van der Waals surface area contributed by atoms with Gasteiger partial charge in [0, 0.05) is 25.1 Å².